The lowest BCUT2D eigenvalue weighted by Crippen LogP contribution is -2.41. The number of aromatic nitrogens is 1. The number of halogens is 1. The molecular weight excluding hydrogens is 257 g/mol. The lowest BCUT2D eigenvalue weighted by atomic mass is 10.2. The molecule has 1 aliphatic rings. The van der Waals surface area contributed by atoms with Gasteiger partial charge in [0.25, 0.3) is 0 Å². The molecule has 0 aliphatic carbocycles. The zero-order valence-electron chi connectivity index (χ0n) is 10.2. The molecule has 0 aromatic carbocycles. The molecule has 2 rings (SSSR count). The highest BCUT2D eigenvalue weighted by Crippen LogP contribution is 2.21. The molecule has 0 unspecified atom stereocenters. The van der Waals surface area contributed by atoms with Crippen LogP contribution in [0, 0.1) is 5.82 Å². The quantitative estimate of drug-likeness (QED) is 0.851. The van der Waals surface area contributed by atoms with Crippen LogP contribution in [0.2, 0.25) is 0 Å². The lowest BCUT2D eigenvalue weighted by molar-refractivity contribution is 0.572. The van der Waals surface area contributed by atoms with E-state index >= 15 is 0 Å². The molecule has 0 amide bonds. The summed E-state index contributed by atoms with van der Waals surface area (Å²) in [5, 5.41) is 2.89. The third kappa shape index (κ3) is 2.78. The first kappa shape index (κ1) is 13.2. The van der Waals surface area contributed by atoms with Gasteiger partial charge < -0.3 is 10.2 Å². The van der Waals surface area contributed by atoms with Gasteiger partial charge in [0.05, 0.1) is 11.5 Å². The van der Waals surface area contributed by atoms with Gasteiger partial charge in [-0.1, -0.05) is 0 Å². The molecule has 0 atom stereocenters. The van der Waals surface area contributed by atoms with Gasteiger partial charge in [0.1, 0.15) is 0 Å². The molecule has 2 heterocycles. The zero-order valence-corrected chi connectivity index (χ0v) is 11.0. The summed E-state index contributed by atoms with van der Waals surface area (Å²) in [6.07, 6.45) is 1.55. The minimum absolute atomic E-state index is 0.0599. The van der Waals surface area contributed by atoms with E-state index in [1.54, 1.807) is 24.2 Å². The van der Waals surface area contributed by atoms with Gasteiger partial charge >= 0.3 is 0 Å². The van der Waals surface area contributed by atoms with Gasteiger partial charge in [0, 0.05) is 31.4 Å². The van der Waals surface area contributed by atoms with E-state index in [0.29, 0.717) is 25.2 Å². The van der Waals surface area contributed by atoms with Gasteiger partial charge in [-0.05, 0) is 13.1 Å². The van der Waals surface area contributed by atoms with E-state index in [0.717, 1.165) is 0 Å². The maximum Gasteiger partial charge on any atom is 0.170 e. The molecule has 5 nitrogen and oxygen atoms in total. The second-order valence-corrected chi connectivity index (χ2v) is 6.58. The van der Waals surface area contributed by atoms with Crippen LogP contribution in [0.15, 0.2) is 12.3 Å². The smallest absolute Gasteiger partial charge is 0.170 e. The molecular formula is C11H16FN3O2S. The predicted molar refractivity (Wildman–Crippen MR) is 67.8 cm³/mol. The van der Waals surface area contributed by atoms with E-state index in [4.69, 9.17) is 0 Å². The topological polar surface area (TPSA) is 62.3 Å². The number of hydrogen-bond donors (Lipinski definition) is 1. The van der Waals surface area contributed by atoms with Crippen LogP contribution in [0.4, 0.5) is 10.2 Å². The van der Waals surface area contributed by atoms with Crippen LogP contribution in [-0.2, 0) is 16.4 Å². The fourth-order valence-electron chi connectivity index (χ4n) is 1.94. The zero-order chi connectivity index (χ0) is 13.2. The fourth-order valence-corrected chi connectivity index (χ4v) is 3.14. The molecule has 1 aromatic heterocycles. The highest BCUT2D eigenvalue weighted by atomic mass is 32.2. The Labute approximate surface area is 106 Å². The van der Waals surface area contributed by atoms with Crippen molar-refractivity contribution in [2.45, 2.75) is 6.54 Å². The molecule has 0 spiro atoms. The van der Waals surface area contributed by atoms with Crippen molar-refractivity contribution in [3.63, 3.8) is 0 Å². The molecule has 18 heavy (non-hydrogen) atoms. The summed E-state index contributed by atoms with van der Waals surface area (Å²) in [4.78, 5) is 5.71. The van der Waals surface area contributed by atoms with Gasteiger partial charge in [-0.2, -0.15) is 0 Å². The van der Waals surface area contributed by atoms with E-state index < -0.39 is 9.84 Å². The molecule has 100 valence electrons. The first-order chi connectivity index (χ1) is 8.53. The summed E-state index contributed by atoms with van der Waals surface area (Å²) in [7, 11) is -1.22. The normalized spacial score (nSPS) is 18.9. The molecule has 7 heteroatoms. The van der Waals surface area contributed by atoms with Gasteiger partial charge in [0.15, 0.2) is 21.5 Å². The maximum absolute atomic E-state index is 14.1. The Morgan fingerprint density at radius 3 is 2.72 bits per heavy atom. The lowest BCUT2D eigenvalue weighted by Gasteiger charge is -2.28. The van der Waals surface area contributed by atoms with E-state index in [9.17, 15) is 12.8 Å². The largest absolute Gasteiger partial charge is 0.352 e. The maximum atomic E-state index is 14.1. The van der Waals surface area contributed by atoms with Crippen LogP contribution in [0.5, 0.6) is 0 Å². The fraction of sp³-hybridized carbons (Fsp3) is 0.545. The van der Waals surface area contributed by atoms with E-state index in [2.05, 4.69) is 10.3 Å². The van der Waals surface area contributed by atoms with Crippen molar-refractivity contribution in [3.8, 4) is 0 Å². The minimum Gasteiger partial charge on any atom is -0.352 e. The van der Waals surface area contributed by atoms with Crippen LogP contribution in [0.1, 0.15) is 5.56 Å². The van der Waals surface area contributed by atoms with Crippen molar-refractivity contribution >= 4 is 15.7 Å². The number of sulfone groups is 1. The van der Waals surface area contributed by atoms with Gasteiger partial charge in [-0.15, -0.1) is 0 Å². The molecule has 1 aromatic rings. The second kappa shape index (κ2) is 5.19. The highest BCUT2D eigenvalue weighted by Gasteiger charge is 2.25. The van der Waals surface area contributed by atoms with Crippen LogP contribution in [-0.4, -0.2) is 45.0 Å². The molecule has 0 radical (unpaired) electrons. The predicted octanol–water partition coefficient (Wildman–Crippen LogP) is 0.175. The molecule has 1 aliphatic heterocycles. The molecule has 1 saturated heterocycles. The van der Waals surface area contributed by atoms with Crippen molar-refractivity contribution in [2.24, 2.45) is 0 Å². The number of pyridine rings is 1. The van der Waals surface area contributed by atoms with Crippen LogP contribution >= 0.6 is 0 Å². The number of hydrogen-bond acceptors (Lipinski definition) is 5. The first-order valence-electron chi connectivity index (χ1n) is 5.77. The molecule has 1 N–H and O–H groups in total. The average molecular weight is 273 g/mol. The molecule has 0 bridgehead atoms. The number of nitrogens with one attached hydrogen (secondary N) is 1. The Balaban J connectivity index is 2.21. The number of anilines is 1. The Hall–Kier alpha value is -1.21. The standard InChI is InChI=1S/C11H16FN3O2S/c1-13-8-9-2-3-14-11(10(9)12)15-4-6-18(16,17)7-5-15/h2-3,13H,4-8H2,1H3. The molecule has 0 saturated carbocycles. The Morgan fingerprint density at radius 2 is 2.11 bits per heavy atom. The summed E-state index contributed by atoms with van der Waals surface area (Å²) >= 11 is 0. The summed E-state index contributed by atoms with van der Waals surface area (Å²) in [6, 6.07) is 1.62. The Morgan fingerprint density at radius 1 is 1.44 bits per heavy atom. The van der Waals surface area contributed by atoms with E-state index in [-0.39, 0.29) is 23.1 Å². The monoisotopic (exact) mass is 273 g/mol. The summed E-state index contributed by atoms with van der Waals surface area (Å²) in [5.74, 6) is -0.00169. The summed E-state index contributed by atoms with van der Waals surface area (Å²) < 4.78 is 36.8. The van der Waals surface area contributed by atoms with Gasteiger partial charge in [0.2, 0.25) is 0 Å². The van der Waals surface area contributed by atoms with E-state index in [1.165, 1.54) is 0 Å². The Kier molecular flexibility index (Phi) is 3.82. The SMILES string of the molecule is CNCc1ccnc(N2CCS(=O)(=O)CC2)c1F. The first-order valence-corrected chi connectivity index (χ1v) is 7.59. The second-order valence-electron chi connectivity index (χ2n) is 4.28. The van der Waals surface area contributed by atoms with Gasteiger partial charge in [-0.3, -0.25) is 0 Å². The van der Waals surface area contributed by atoms with Gasteiger partial charge in [-0.25, -0.2) is 17.8 Å². The third-order valence-corrected chi connectivity index (χ3v) is 4.57. The Bertz CT molecular complexity index is 519. The summed E-state index contributed by atoms with van der Waals surface area (Å²) in [6.45, 7) is 1.03. The van der Waals surface area contributed by atoms with Crippen LogP contribution in [0.3, 0.4) is 0 Å². The van der Waals surface area contributed by atoms with Crippen LogP contribution in [0.25, 0.3) is 0 Å². The highest BCUT2D eigenvalue weighted by molar-refractivity contribution is 7.91. The van der Waals surface area contributed by atoms with Crippen molar-refractivity contribution in [1.82, 2.24) is 10.3 Å². The third-order valence-electron chi connectivity index (χ3n) is 2.96. The molecule has 1 fully saturated rings. The summed E-state index contributed by atoms with van der Waals surface area (Å²) in [5.41, 5.74) is 0.538. The van der Waals surface area contributed by atoms with Crippen molar-refractivity contribution < 1.29 is 12.8 Å². The van der Waals surface area contributed by atoms with E-state index in [1.807, 2.05) is 0 Å². The minimum atomic E-state index is -2.96. The number of nitrogens with zero attached hydrogens (tertiary/aromatic N) is 2. The van der Waals surface area contributed by atoms with Crippen molar-refractivity contribution in [3.05, 3.63) is 23.6 Å². The average Bonchev–Trinajstić information content (AvgIpc) is 2.33. The number of rotatable bonds is 3. The van der Waals surface area contributed by atoms with Crippen LogP contribution < -0.4 is 10.2 Å². The van der Waals surface area contributed by atoms with Crippen molar-refractivity contribution in [2.75, 3.05) is 36.5 Å². The van der Waals surface area contributed by atoms with Crippen molar-refractivity contribution in [1.29, 1.82) is 0 Å².